The minimum Gasteiger partial charge on any atom is -0.234 e. The van der Waals surface area contributed by atoms with Crippen molar-refractivity contribution in [3.8, 4) is 0 Å². The maximum Gasteiger partial charge on any atom is 0.171 e. The highest BCUT2D eigenvalue weighted by molar-refractivity contribution is 6.34. The number of rotatable bonds is 1. The van der Waals surface area contributed by atoms with Gasteiger partial charge in [-0.1, -0.05) is 22.3 Å². The van der Waals surface area contributed by atoms with Crippen molar-refractivity contribution in [2.75, 3.05) is 0 Å². The number of nitro groups is 1. The minimum absolute atomic E-state index is 0.400. The minimum atomic E-state index is -0.550. The first-order valence-electron chi connectivity index (χ1n) is 3.46. The Morgan fingerprint density at radius 1 is 1.54 bits per heavy atom. The quantitative estimate of drug-likeness (QED) is 0.517. The monoisotopic (exact) mass is 197 g/mol. The van der Waals surface area contributed by atoms with Crippen LogP contribution in [-0.2, 0) is 0 Å². The summed E-state index contributed by atoms with van der Waals surface area (Å²) in [7, 11) is 0. The number of aromatic nitrogens is 2. The molecule has 0 atom stereocenters. The summed E-state index contributed by atoms with van der Waals surface area (Å²) in [6.07, 6.45) is 1.14. The van der Waals surface area contributed by atoms with Crippen molar-refractivity contribution in [2.24, 2.45) is 0 Å². The van der Waals surface area contributed by atoms with Crippen LogP contribution in [0.4, 0.5) is 0 Å². The molecule has 0 aliphatic rings. The molecule has 0 unspecified atom stereocenters. The first-order chi connectivity index (χ1) is 6.20. The van der Waals surface area contributed by atoms with Gasteiger partial charge in [0.1, 0.15) is 11.0 Å². The van der Waals surface area contributed by atoms with Gasteiger partial charge in [-0.05, 0) is 12.1 Å². The van der Waals surface area contributed by atoms with E-state index in [1.54, 1.807) is 18.2 Å². The van der Waals surface area contributed by atoms with Crippen molar-refractivity contribution in [3.05, 3.63) is 39.7 Å². The Labute approximate surface area is 77.7 Å². The van der Waals surface area contributed by atoms with Crippen LogP contribution in [0.25, 0.3) is 11.0 Å². The van der Waals surface area contributed by atoms with E-state index in [0.29, 0.717) is 16.1 Å². The Hall–Kier alpha value is -1.62. The zero-order chi connectivity index (χ0) is 9.42. The third-order valence-electron chi connectivity index (χ3n) is 1.68. The summed E-state index contributed by atoms with van der Waals surface area (Å²) in [5.41, 5.74) is 0.846. The van der Waals surface area contributed by atoms with Gasteiger partial charge in [-0.3, -0.25) is 0 Å². The lowest BCUT2D eigenvalue weighted by molar-refractivity contribution is -0.538. The number of benzene rings is 1. The fraction of sp³-hybridized carbons (Fsp3) is 0. The van der Waals surface area contributed by atoms with Crippen molar-refractivity contribution in [1.82, 2.24) is 9.66 Å². The second-order valence-electron chi connectivity index (χ2n) is 2.43. The molecule has 6 heteroatoms. The SMILES string of the molecule is O=[N+]([O-])n1cnc2c(Cl)cccc21. The Bertz CT molecular complexity index is 480. The second kappa shape index (κ2) is 2.70. The van der Waals surface area contributed by atoms with Crippen LogP contribution in [0.5, 0.6) is 0 Å². The molecule has 0 fully saturated rings. The van der Waals surface area contributed by atoms with Gasteiger partial charge in [-0.2, -0.15) is 0 Å². The van der Waals surface area contributed by atoms with E-state index >= 15 is 0 Å². The van der Waals surface area contributed by atoms with E-state index in [4.69, 9.17) is 11.6 Å². The van der Waals surface area contributed by atoms with Crippen LogP contribution in [0.1, 0.15) is 0 Å². The molecule has 66 valence electrons. The zero-order valence-corrected chi connectivity index (χ0v) is 7.10. The molecule has 0 aliphatic carbocycles. The predicted molar refractivity (Wildman–Crippen MR) is 47.1 cm³/mol. The molecule has 0 spiro atoms. The van der Waals surface area contributed by atoms with Crippen LogP contribution in [0.15, 0.2) is 24.5 Å². The zero-order valence-electron chi connectivity index (χ0n) is 6.35. The van der Waals surface area contributed by atoms with Gasteiger partial charge in [0.05, 0.1) is 5.02 Å². The first-order valence-corrected chi connectivity index (χ1v) is 3.84. The molecule has 0 saturated carbocycles. The summed E-state index contributed by atoms with van der Waals surface area (Å²) < 4.78 is 0.835. The molecule has 0 saturated heterocycles. The van der Waals surface area contributed by atoms with Crippen LogP contribution in [0, 0.1) is 10.1 Å². The molecule has 0 radical (unpaired) electrons. The molecule has 0 aliphatic heterocycles. The fourth-order valence-corrected chi connectivity index (χ4v) is 1.34. The lowest BCUT2D eigenvalue weighted by Crippen LogP contribution is -2.05. The number of para-hydroxylation sites is 1. The van der Waals surface area contributed by atoms with Crippen LogP contribution >= 0.6 is 11.6 Å². The second-order valence-corrected chi connectivity index (χ2v) is 2.84. The summed E-state index contributed by atoms with van der Waals surface area (Å²) >= 11 is 5.78. The summed E-state index contributed by atoms with van der Waals surface area (Å²) in [4.78, 5) is 14.3. The number of halogens is 1. The summed E-state index contributed by atoms with van der Waals surface area (Å²) in [5.74, 6) is 0. The summed E-state index contributed by atoms with van der Waals surface area (Å²) in [5, 5.41) is 10.3. The van der Waals surface area contributed by atoms with E-state index in [1.165, 1.54) is 0 Å². The third kappa shape index (κ3) is 1.13. The fourth-order valence-electron chi connectivity index (χ4n) is 1.12. The smallest absolute Gasteiger partial charge is 0.171 e. The molecule has 1 aromatic carbocycles. The number of nitrogens with zero attached hydrogens (tertiary/aromatic N) is 3. The maximum atomic E-state index is 10.5. The molecule has 0 N–H and O–H groups in total. The van der Waals surface area contributed by atoms with Crippen LogP contribution < -0.4 is 0 Å². The topological polar surface area (TPSA) is 61.0 Å². The molecule has 1 aromatic heterocycles. The highest BCUT2D eigenvalue weighted by Crippen LogP contribution is 2.20. The average molecular weight is 198 g/mol. The summed E-state index contributed by atoms with van der Waals surface area (Å²) in [6.45, 7) is 0. The van der Waals surface area contributed by atoms with Gasteiger partial charge in [0.15, 0.2) is 11.4 Å². The van der Waals surface area contributed by atoms with E-state index < -0.39 is 5.03 Å². The highest BCUT2D eigenvalue weighted by Gasteiger charge is 2.11. The Morgan fingerprint density at radius 3 is 3.00 bits per heavy atom. The summed E-state index contributed by atoms with van der Waals surface area (Å²) in [6, 6.07) is 4.88. The van der Waals surface area contributed by atoms with E-state index in [1.807, 2.05) is 0 Å². The van der Waals surface area contributed by atoms with Gasteiger partial charge >= 0.3 is 0 Å². The normalized spacial score (nSPS) is 10.5. The van der Waals surface area contributed by atoms with Gasteiger partial charge in [-0.25, -0.2) is 15.1 Å². The van der Waals surface area contributed by atoms with Crippen molar-refractivity contribution in [2.45, 2.75) is 0 Å². The van der Waals surface area contributed by atoms with Gasteiger partial charge < -0.3 is 0 Å². The largest absolute Gasteiger partial charge is 0.234 e. The molecule has 1 heterocycles. The maximum absolute atomic E-state index is 10.5. The average Bonchev–Trinajstić information content (AvgIpc) is 2.48. The van der Waals surface area contributed by atoms with E-state index in [2.05, 4.69) is 4.98 Å². The Kier molecular flexibility index (Phi) is 1.66. The van der Waals surface area contributed by atoms with E-state index in [9.17, 15) is 10.1 Å². The van der Waals surface area contributed by atoms with Crippen molar-refractivity contribution >= 4 is 22.6 Å². The van der Waals surface area contributed by atoms with E-state index in [-0.39, 0.29) is 0 Å². The van der Waals surface area contributed by atoms with Crippen LogP contribution in [0.3, 0.4) is 0 Å². The Balaban J connectivity index is 2.83. The van der Waals surface area contributed by atoms with Gasteiger partial charge in [0, 0.05) is 0 Å². The first kappa shape index (κ1) is 8.00. The molecular weight excluding hydrogens is 194 g/mol. The highest BCUT2D eigenvalue weighted by atomic mass is 35.5. The van der Waals surface area contributed by atoms with Gasteiger partial charge in [-0.15, -0.1) is 0 Å². The molecule has 5 nitrogen and oxygen atoms in total. The molecular formula is C7H4ClN3O2. The number of hydrogen-bond donors (Lipinski definition) is 0. The van der Waals surface area contributed by atoms with E-state index in [0.717, 1.165) is 11.0 Å². The molecule has 13 heavy (non-hydrogen) atoms. The van der Waals surface area contributed by atoms with Crippen LogP contribution in [0.2, 0.25) is 5.02 Å². The number of hydrogen-bond acceptors (Lipinski definition) is 3. The molecule has 2 aromatic rings. The number of fused-ring (bicyclic) bond motifs is 1. The predicted octanol–water partition coefficient (Wildman–Crippen LogP) is 1.73. The van der Waals surface area contributed by atoms with Crippen molar-refractivity contribution < 1.29 is 5.03 Å². The molecule has 2 rings (SSSR count). The third-order valence-corrected chi connectivity index (χ3v) is 1.99. The van der Waals surface area contributed by atoms with Crippen molar-refractivity contribution in [1.29, 1.82) is 0 Å². The number of imidazole rings is 1. The van der Waals surface area contributed by atoms with Gasteiger partial charge in [0.25, 0.3) is 0 Å². The van der Waals surface area contributed by atoms with Crippen LogP contribution in [-0.4, -0.2) is 14.7 Å². The molecule has 0 amide bonds. The lowest BCUT2D eigenvalue weighted by atomic mass is 10.3. The van der Waals surface area contributed by atoms with Crippen molar-refractivity contribution in [3.63, 3.8) is 0 Å². The Morgan fingerprint density at radius 2 is 2.31 bits per heavy atom. The standard InChI is InChI=1S/C7H4ClN3O2/c8-5-2-1-3-6-7(5)9-4-10(6)11(12)13/h1-4H. The molecule has 0 bridgehead atoms. The van der Waals surface area contributed by atoms with Gasteiger partial charge in [0.2, 0.25) is 0 Å². The lowest BCUT2D eigenvalue weighted by Gasteiger charge is -1.92.